The summed E-state index contributed by atoms with van der Waals surface area (Å²) in [5, 5.41) is 4.71. The molecule has 3 aromatic rings. The maximum absolute atomic E-state index is 13.0. The molecule has 0 aliphatic heterocycles. The lowest BCUT2D eigenvalue weighted by Gasteiger charge is -2.24. The summed E-state index contributed by atoms with van der Waals surface area (Å²) in [6.45, 7) is 5.54. The minimum absolute atomic E-state index is 0.117. The SMILES string of the molecule is CC(CCc1ccco1)NC(=O)C(NS(=O)(=O)c1ccc2ccccc2c1)C(C)C. The molecule has 0 saturated carbocycles. The Hall–Kier alpha value is -2.64. The molecule has 2 N–H and O–H groups in total. The van der Waals surface area contributed by atoms with Crippen LogP contribution in [0.4, 0.5) is 0 Å². The molecule has 160 valence electrons. The first-order valence-corrected chi connectivity index (χ1v) is 11.6. The van der Waals surface area contributed by atoms with E-state index in [9.17, 15) is 13.2 Å². The van der Waals surface area contributed by atoms with Gasteiger partial charge in [0, 0.05) is 12.5 Å². The number of sulfonamides is 1. The first-order chi connectivity index (χ1) is 14.3. The molecule has 1 aromatic heterocycles. The summed E-state index contributed by atoms with van der Waals surface area (Å²) in [6.07, 6.45) is 3.01. The van der Waals surface area contributed by atoms with Gasteiger partial charge in [0.2, 0.25) is 15.9 Å². The minimum atomic E-state index is -3.85. The van der Waals surface area contributed by atoms with Gasteiger partial charge in [-0.05, 0) is 54.3 Å². The normalized spacial score (nSPS) is 14.0. The third-order valence-corrected chi connectivity index (χ3v) is 6.49. The summed E-state index contributed by atoms with van der Waals surface area (Å²) in [4.78, 5) is 13.0. The highest BCUT2D eigenvalue weighted by atomic mass is 32.2. The molecule has 0 spiro atoms. The van der Waals surface area contributed by atoms with Crippen molar-refractivity contribution < 1.29 is 17.6 Å². The maximum atomic E-state index is 13.0. The quantitative estimate of drug-likeness (QED) is 0.541. The van der Waals surface area contributed by atoms with E-state index in [1.165, 1.54) is 0 Å². The molecule has 6 nitrogen and oxygen atoms in total. The first-order valence-electron chi connectivity index (χ1n) is 10.1. The molecule has 0 radical (unpaired) electrons. The second-order valence-electron chi connectivity index (χ2n) is 7.88. The fourth-order valence-electron chi connectivity index (χ4n) is 3.28. The van der Waals surface area contributed by atoms with Gasteiger partial charge in [0.25, 0.3) is 0 Å². The lowest BCUT2D eigenvalue weighted by atomic mass is 10.0. The number of fused-ring (bicyclic) bond motifs is 1. The van der Waals surface area contributed by atoms with Crippen molar-refractivity contribution in [2.45, 2.75) is 50.6 Å². The lowest BCUT2D eigenvalue weighted by molar-refractivity contribution is -0.124. The zero-order valence-electron chi connectivity index (χ0n) is 17.5. The molecule has 2 aromatic carbocycles. The Bertz CT molecular complexity index is 1090. The molecule has 3 rings (SSSR count). The van der Waals surface area contributed by atoms with Crippen molar-refractivity contribution in [1.82, 2.24) is 10.0 Å². The van der Waals surface area contributed by atoms with Gasteiger partial charge >= 0.3 is 0 Å². The van der Waals surface area contributed by atoms with Crippen molar-refractivity contribution in [2.24, 2.45) is 5.92 Å². The van der Waals surface area contributed by atoms with Crippen LogP contribution in [-0.4, -0.2) is 26.4 Å². The van der Waals surface area contributed by atoms with Gasteiger partial charge in [-0.15, -0.1) is 0 Å². The molecule has 2 atom stereocenters. The van der Waals surface area contributed by atoms with E-state index < -0.39 is 16.1 Å². The van der Waals surface area contributed by atoms with Gasteiger partial charge in [0.1, 0.15) is 11.8 Å². The van der Waals surface area contributed by atoms with Crippen LogP contribution in [-0.2, 0) is 21.2 Å². The number of aryl methyl sites for hydroxylation is 1. The Labute approximate surface area is 177 Å². The van der Waals surface area contributed by atoms with Gasteiger partial charge in [-0.25, -0.2) is 8.42 Å². The van der Waals surface area contributed by atoms with E-state index in [-0.39, 0.29) is 22.8 Å². The molecular weight excluding hydrogens is 400 g/mol. The summed E-state index contributed by atoms with van der Waals surface area (Å²) in [5.74, 6) is 0.312. The number of hydrogen-bond acceptors (Lipinski definition) is 4. The molecule has 0 aliphatic rings. The van der Waals surface area contributed by atoms with Gasteiger partial charge in [0.05, 0.1) is 11.2 Å². The van der Waals surface area contributed by atoms with Crippen molar-refractivity contribution >= 4 is 26.7 Å². The number of benzene rings is 2. The average molecular weight is 429 g/mol. The Morgan fingerprint density at radius 3 is 2.40 bits per heavy atom. The molecular formula is C23H28N2O4S. The average Bonchev–Trinajstić information content (AvgIpc) is 3.23. The van der Waals surface area contributed by atoms with E-state index in [2.05, 4.69) is 10.0 Å². The van der Waals surface area contributed by atoms with Gasteiger partial charge in [0.15, 0.2) is 0 Å². The van der Waals surface area contributed by atoms with Crippen LogP contribution < -0.4 is 10.0 Å². The standard InChI is InChI=1S/C23H28N2O4S/c1-16(2)22(23(26)24-17(3)10-12-20-9-6-14-29-20)25-30(27,28)21-13-11-18-7-4-5-8-19(18)15-21/h4-9,11,13-17,22,25H,10,12H2,1-3H3,(H,24,26). The Balaban J connectivity index is 1.69. The van der Waals surface area contributed by atoms with Crippen LogP contribution in [0.3, 0.4) is 0 Å². The largest absolute Gasteiger partial charge is 0.469 e. The van der Waals surface area contributed by atoms with Crippen molar-refractivity contribution in [3.8, 4) is 0 Å². The second kappa shape index (κ2) is 9.45. The van der Waals surface area contributed by atoms with Crippen LogP contribution in [0, 0.1) is 5.92 Å². The smallest absolute Gasteiger partial charge is 0.241 e. The zero-order valence-corrected chi connectivity index (χ0v) is 18.3. The number of hydrogen-bond donors (Lipinski definition) is 2. The van der Waals surface area contributed by atoms with E-state index in [0.717, 1.165) is 16.5 Å². The molecule has 30 heavy (non-hydrogen) atoms. The molecule has 1 amide bonds. The van der Waals surface area contributed by atoms with Crippen LogP contribution in [0.5, 0.6) is 0 Å². The Morgan fingerprint density at radius 2 is 1.73 bits per heavy atom. The van der Waals surface area contributed by atoms with Crippen molar-refractivity contribution in [3.63, 3.8) is 0 Å². The minimum Gasteiger partial charge on any atom is -0.469 e. The highest BCUT2D eigenvalue weighted by Gasteiger charge is 2.29. The van der Waals surface area contributed by atoms with Crippen molar-refractivity contribution in [1.29, 1.82) is 0 Å². The van der Waals surface area contributed by atoms with E-state index in [0.29, 0.717) is 12.8 Å². The number of carbonyl (C=O) groups is 1. The van der Waals surface area contributed by atoms with Crippen molar-refractivity contribution in [2.75, 3.05) is 0 Å². The van der Waals surface area contributed by atoms with Gasteiger partial charge in [-0.3, -0.25) is 4.79 Å². The zero-order chi connectivity index (χ0) is 21.7. The third kappa shape index (κ3) is 5.49. The number of nitrogens with one attached hydrogen (secondary N) is 2. The van der Waals surface area contributed by atoms with Crippen LogP contribution in [0.2, 0.25) is 0 Å². The van der Waals surface area contributed by atoms with Gasteiger partial charge in [-0.1, -0.05) is 44.2 Å². The van der Waals surface area contributed by atoms with Crippen LogP contribution in [0.25, 0.3) is 10.8 Å². The fourth-order valence-corrected chi connectivity index (χ4v) is 4.66. The first kappa shape index (κ1) is 22.1. The van der Waals surface area contributed by atoms with E-state index >= 15 is 0 Å². The molecule has 2 unspecified atom stereocenters. The van der Waals surface area contributed by atoms with E-state index in [1.54, 1.807) is 24.5 Å². The van der Waals surface area contributed by atoms with Crippen LogP contribution >= 0.6 is 0 Å². The third-order valence-electron chi connectivity index (χ3n) is 5.05. The fraction of sp³-hybridized carbons (Fsp3) is 0.348. The van der Waals surface area contributed by atoms with E-state index in [1.807, 2.05) is 57.2 Å². The molecule has 7 heteroatoms. The second-order valence-corrected chi connectivity index (χ2v) is 9.59. The van der Waals surface area contributed by atoms with Crippen molar-refractivity contribution in [3.05, 3.63) is 66.6 Å². The molecule has 0 saturated heterocycles. The van der Waals surface area contributed by atoms with Gasteiger partial charge in [-0.2, -0.15) is 4.72 Å². The monoisotopic (exact) mass is 428 g/mol. The number of furan rings is 1. The predicted octanol–water partition coefficient (Wildman–Crippen LogP) is 3.87. The number of amides is 1. The summed E-state index contributed by atoms with van der Waals surface area (Å²) >= 11 is 0. The highest BCUT2D eigenvalue weighted by molar-refractivity contribution is 7.89. The Morgan fingerprint density at radius 1 is 1.00 bits per heavy atom. The van der Waals surface area contributed by atoms with Crippen LogP contribution in [0.1, 0.15) is 33.0 Å². The molecule has 0 aliphatic carbocycles. The lowest BCUT2D eigenvalue weighted by Crippen LogP contribution is -2.51. The summed E-state index contributed by atoms with van der Waals surface area (Å²) in [7, 11) is -3.85. The van der Waals surface area contributed by atoms with E-state index in [4.69, 9.17) is 4.42 Å². The summed E-state index contributed by atoms with van der Waals surface area (Å²) in [6, 6.07) is 15.2. The predicted molar refractivity (Wildman–Crippen MR) is 118 cm³/mol. The molecule has 1 heterocycles. The highest BCUT2D eigenvalue weighted by Crippen LogP contribution is 2.20. The molecule has 0 bridgehead atoms. The van der Waals surface area contributed by atoms with Crippen LogP contribution in [0.15, 0.2) is 70.2 Å². The topological polar surface area (TPSA) is 88.4 Å². The Kier molecular flexibility index (Phi) is 6.95. The summed E-state index contributed by atoms with van der Waals surface area (Å²) in [5.41, 5.74) is 0. The maximum Gasteiger partial charge on any atom is 0.241 e. The number of carbonyl (C=O) groups excluding carboxylic acids is 1. The van der Waals surface area contributed by atoms with Gasteiger partial charge < -0.3 is 9.73 Å². The number of rotatable bonds is 9. The molecule has 0 fully saturated rings. The summed E-state index contributed by atoms with van der Waals surface area (Å²) < 4.78 is 33.8.